The molecular formula is C23H40O3S. The van der Waals surface area contributed by atoms with Gasteiger partial charge in [-0.2, -0.15) is 8.42 Å². The summed E-state index contributed by atoms with van der Waals surface area (Å²) < 4.78 is 32.9. The summed E-state index contributed by atoms with van der Waals surface area (Å²) in [6, 6.07) is 5.35. The van der Waals surface area contributed by atoms with Crippen LogP contribution in [0, 0.1) is 0 Å². The predicted octanol–water partition coefficient (Wildman–Crippen LogP) is 7.08. The van der Waals surface area contributed by atoms with Crippen LogP contribution in [0.5, 0.6) is 0 Å². The molecule has 0 heterocycles. The number of rotatable bonds is 14. The van der Waals surface area contributed by atoms with Crippen LogP contribution in [0.25, 0.3) is 0 Å². The molecule has 4 heteroatoms. The summed E-state index contributed by atoms with van der Waals surface area (Å²) >= 11 is 0. The maximum absolute atomic E-state index is 11.7. The van der Waals surface area contributed by atoms with Gasteiger partial charge < -0.3 is 0 Å². The first kappa shape index (κ1) is 24.2. The summed E-state index contributed by atoms with van der Waals surface area (Å²) in [5.41, 5.74) is 2.58. The van der Waals surface area contributed by atoms with Gasteiger partial charge >= 0.3 is 0 Å². The first-order valence-electron chi connectivity index (χ1n) is 11.0. The monoisotopic (exact) mass is 396 g/mol. The summed E-state index contributed by atoms with van der Waals surface area (Å²) in [6.07, 6.45) is 13.6. The van der Waals surface area contributed by atoms with E-state index >= 15 is 0 Å². The van der Waals surface area contributed by atoms with E-state index in [1.165, 1.54) is 44.1 Å². The van der Waals surface area contributed by atoms with E-state index in [0.29, 0.717) is 0 Å². The van der Waals surface area contributed by atoms with Crippen LogP contribution in [0.4, 0.5) is 0 Å². The molecule has 1 N–H and O–H groups in total. The number of hydrogen-bond donors (Lipinski definition) is 1. The molecule has 0 unspecified atom stereocenters. The molecule has 27 heavy (non-hydrogen) atoms. The molecule has 1 aromatic rings. The van der Waals surface area contributed by atoms with E-state index in [9.17, 15) is 13.0 Å². The van der Waals surface area contributed by atoms with Crippen LogP contribution in [-0.2, 0) is 22.0 Å². The quantitative estimate of drug-likeness (QED) is 0.342. The Balaban J connectivity index is 3.49. The zero-order valence-corrected chi connectivity index (χ0v) is 18.7. The lowest BCUT2D eigenvalue weighted by Crippen LogP contribution is -2.28. The second-order valence-electron chi connectivity index (χ2n) is 7.99. The smallest absolute Gasteiger partial charge is 0.282 e. The second kappa shape index (κ2) is 11.9. The minimum Gasteiger partial charge on any atom is -0.282 e. The summed E-state index contributed by atoms with van der Waals surface area (Å²) in [6.45, 7) is 8.88. The Bertz CT molecular complexity index is 628. The van der Waals surface area contributed by atoms with Gasteiger partial charge in [0.05, 0.1) is 4.90 Å². The van der Waals surface area contributed by atoms with E-state index in [2.05, 4.69) is 27.7 Å². The zero-order valence-electron chi connectivity index (χ0n) is 17.9. The van der Waals surface area contributed by atoms with Crippen molar-refractivity contribution in [1.82, 2.24) is 0 Å². The Kier molecular flexibility index (Phi) is 10.6. The van der Waals surface area contributed by atoms with E-state index in [1.54, 1.807) is 12.1 Å². The van der Waals surface area contributed by atoms with E-state index < -0.39 is 10.1 Å². The highest BCUT2D eigenvalue weighted by Gasteiger charge is 2.33. The van der Waals surface area contributed by atoms with E-state index in [-0.39, 0.29) is 10.3 Å². The lowest BCUT2D eigenvalue weighted by molar-refractivity contribution is 0.307. The molecule has 0 atom stereocenters. The van der Waals surface area contributed by atoms with Crippen molar-refractivity contribution in [2.45, 2.75) is 115 Å². The van der Waals surface area contributed by atoms with Gasteiger partial charge in [0, 0.05) is 0 Å². The third kappa shape index (κ3) is 7.23. The van der Waals surface area contributed by atoms with E-state index in [1.807, 2.05) is 6.07 Å². The maximum Gasteiger partial charge on any atom is 0.294 e. The molecule has 0 aliphatic heterocycles. The predicted molar refractivity (Wildman–Crippen MR) is 115 cm³/mol. The normalized spacial score (nSPS) is 12.5. The fraction of sp³-hybridized carbons (Fsp3) is 0.739. The molecule has 0 aliphatic carbocycles. The van der Waals surface area contributed by atoms with Crippen LogP contribution < -0.4 is 0 Å². The summed E-state index contributed by atoms with van der Waals surface area (Å²) in [7, 11) is -4.16. The molecule has 0 aromatic heterocycles. The molecule has 0 radical (unpaired) electrons. The lowest BCUT2D eigenvalue weighted by Gasteiger charge is -2.37. The molecule has 0 amide bonds. The Morgan fingerprint density at radius 2 is 1.30 bits per heavy atom. The van der Waals surface area contributed by atoms with Crippen LogP contribution in [0.3, 0.4) is 0 Å². The van der Waals surface area contributed by atoms with Crippen LogP contribution in [0.15, 0.2) is 23.1 Å². The Morgan fingerprint density at radius 3 is 1.70 bits per heavy atom. The largest absolute Gasteiger partial charge is 0.294 e. The van der Waals surface area contributed by atoms with E-state index in [0.717, 1.165) is 44.1 Å². The van der Waals surface area contributed by atoms with Crippen molar-refractivity contribution in [3.05, 3.63) is 29.3 Å². The molecule has 0 saturated carbocycles. The topological polar surface area (TPSA) is 54.4 Å². The van der Waals surface area contributed by atoms with Crippen LogP contribution in [0.2, 0.25) is 0 Å². The van der Waals surface area contributed by atoms with Gasteiger partial charge in [0.25, 0.3) is 10.1 Å². The number of hydrogen-bond acceptors (Lipinski definition) is 2. The first-order valence-corrected chi connectivity index (χ1v) is 12.4. The van der Waals surface area contributed by atoms with Crippen molar-refractivity contribution in [1.29, 1.82) is 0 Å². The minimum absolute atomic E-state index is 0.0349. The lowest BCUT2D eigenvalue weighted by atomic mass is 9.68. The van der Waals surface area contributed by atoms with Gasteiger partial charge in [-0.05, 0) is 60.8 Å². The molecule has 0 spiro atoms. The zero-order chi connectivity index (χ0) is 20.3. The summed E-state index contributed by atoms with van der Waals surface area (Å²) in [4.78, 5) is 0.0349. The molecular weight excluding hydrogens is 356 g/mol. The molecule has 0 aliphatic rings. The van der Waals surface area contributed by atoms with Crippen LogP contribution in [-0.4, -0.2) is 13.0 Å². The first-order chi connectivity index (χ1) is 12.8. The molecule has 156 valence electrons. The fourth-order valence-corrected chi connectivity index (χ4v) is 4.68. The number of benzene rings is 1. The Labute approximate surface area is 167 Å². The SMILES string of the molecule is CCCCc1cc(S(=O)(=O)O)ccc1C(CCCC)(CCCC)CCCC. The highest BCUT2D eigenvalue weighted by Crippen LogP contribution is 2.42. The summed E-state index contributed by atoms with van der Waals surface area (Å²) in [5, 5.41) is 0. The van der Waals surface area contributed by atoms with Gasteiger partial charge in [0.1, 0.15) is 0 Å². The third-order valence-corrected chi connectivity index (χ3v) is 6.62. The second-order valence-corrected chi connectivity index (χ2v) is 9.41. The van der Waals surface area contributed by atoms with Crippen LogP contribution >= 0.6 is 0 Å². The average molecular weight is 397 g/mol. The fourth-order valence-electron chi connectivity index (χ4n) is 4.15. The summed E-state index contributed by atoms with van der Waals surface area (Å²) in [5.74, 6) is 0. The highest BCUT2D eigenvalue weighted by atomic mass is 32.2. The van der Waals surface area contributed by atoms with Gasteiger partial charge in [0.2, 0.25) is 0 Å². The molecule has 0 saturated heterocycles. The number of aryl methyl sites for hydroxylation is 1. The Morgan fingerprint density at radius 1 is 0.815 bits per heavy atom. The van der Waals surface area contributed by atoms with Crippen molar-refractivity contribution in [2.75, 3.05) is 0 Å². The van der Waals surface area contributed by atoms with Crippen molar-refractivity contribution in [3.8, 4) is 0 Å². The van der Waals surface area contributed by atoms with Crippen LogP contribution in [0.1, 0.15) is 109 Å². The highest BCUT2D eigenvalue weighted by molar-refractivity contribution is 7.85. The van der Waals surface area contributed by atoms with Gasteiger partial charge in [-0.25, -0.2) is 0 Å². The van der Waals surface area contributed by atoms with Gasteiger partial charge in [0.15, 0.2) is 0 Å². The molecule has 0 fully saturated rings. The van der Waals surface area contributed by atoms with Crippen molar-refractivity contribution in [3.63, 3.8) is 0 Å². The van der Waals surface area contributed by atoms with Crippen molar-refractivity contribution >= 4 is 10.1 Å². The maximum atomic E-state index is 11.7. The number of unbranched alkanes of at least 4 members (excludes halogenated alkanes) is 4. The van der Waals surface area contributed by atoms with E-state index in [4.69, 9.17) is 0 Å². The standard InChI is InChI=1S/C23H40O3S/c1-5-9-13-20-19-21(27(24,25)26)14-15-22(20)23(16-10-6-2,17-11-7-3)18-12-8-4/h14-15,19H,5-13,16-18H2,1-4H3,(H,24,25,26). The third-order valence-electron chi connectivity index (χ3n) is 5.77. The molecule has 3 nitrogen and oxygen atoms in total. The van der Waals surface area contributed by atoms with Gasteiger partial charge in [-0.15, -0.1) is 0 Å². The Hall–Kier alpha value is -0.870. The molecule has 1 rings (SSSR count). The van der Waals surface area contributed by atoms with Crippen molar-refractivity contribution in [2.24, 2.45) is 0 Å². The molecule has 0 bridgehead atoms. The van der Waals surface area contributed by atoms with Gasteiger partial charge in [-0.1, -0.05) is 78.7 Å². The van der Waals surface area contributed by atoms with Crippen molar-refractivity contribution < 1.29 is 13.0 Å². The average Bonchev–Trinajstić information content (AvgIpc) is 2.65. The molecule has 1 aromatic carbocycles. The minimum atomic E-state index is -4.16. The van der Waals surface area contributed by atoms with Gasteiger partial charge in [-0.3, -0.25) is 4.55 Å².